The molecule has 0 aliphatic carbocycles. The van der Waals surface area contributed by atoms with Crippen molar-refractivity contribution in [3.05, 3.63) is 60.8 Å². The predicted octanol–water partition coefficient (Wildman–Crippen LogP) is 20.4. The number of hydrogen-bond donors (Lipinski definition) is 0. The fourth-order valence-electron chi connectivity index (χ4n) is 8.72. The minimum atomic E-state index is -0.789. The summed E-state index contributed by atoms with van der Waals surface area (Å²) in [5.74, 6) is -0.909. The number of rotatable bonds is 55. The highest BCUT2D eigenvalue weighted by Crippen LogP contribution is 2.17. The van der Waals surface area contributed by atoms with E-state index in [0.29, 0.717) is 19.3 Å². The zero-order valence-corrected chi connectivity index (χ0v) is 46.5. The lowest BCUT2D eigenvalue weighted by atomic mass is 10.0. The molecule has 1 unspecified atom stereocenters. The van der Waals surface area contributed by atoms with E-state index in [1.165, 1.54) is 173 Å². The van der Waals surface area contributed by atoms with Crippen LogP contribution in [0, 0.1) is 0 Å². The van der Waals surface area contributed by atoms with Crippen LogP contribution in [0.4, 0.5) is 0 Å². The Morgan fingerprint density at radius 1 is 0.300 bits per heavy atom. The van der Waals surface area contributed by atoms with Gasteiger partial charge in [0.05, 0.1) is 0 Å². The van der Waals surface area contributed by atoms with Gasteiger partial charge in [0, 0.05) is 19.3 Å². The van der Waals surface area contributed by atoms with Gasteiger partial charge in [0.2, 0.25) is 0 Å². The molecule has 0 aromatic heterocycles. The Balaban J connectivity index is 4.32. The summed E-state index contributed by atoms with van der Waals surface area (Å²) in [5.41, 5.74) is 0. The number of ether oxygens (including phenoxy) is 3. The van der Waals surface area contributed by atoms with Crippen molar-refractivity contribution in [2.45, 2.75) is 316 Å². The summed E-state index contributed by atoms with van der Waals surface area (Å²) in [4.78, 5) is 38.2. The van der Waals surface area contributed by atoms with Gasteiger partial charge in [0.1, 0.15) is 13.2 Å². The van der Waals surface area contributed by atoms with Crippen molar-refractivity contribution in [1.29, 1.82) is 0 Å². The molecule has 0 rings (SSSR count). The van der Waals surface area contributed by atoms with Crippen molar-refractivity contribution in [1.82, 2.24) is 0 Å². The molecule has 6 heteroatoms. The van der Waals surface area contributed by atoms with Crippen molar-refractivity contribution in [3.63, 3.8) is 0 Å². The number of hydrogen-bond acceptors (Lipinski definition) is 6. The summed E-state index contributed by atoms with van der Waals surface area (Å²) in [6.07, 6.45) is 73.7. The highest BCUT2D eigenvalue weighted by atomic mass is 16.6. The lowest BCUT2D eigenvalue weighted by Gasteiger charge is -2.18. The first-order chi connectivity index (χ1) is 34.5. The van der Waals surface area contributed by atoms with Crippen molar-refractivity contribution < 1.29 is 28.6 Å². The normalized spacial score (nSPS) is 12.4. The highest BCUT2D eigenvalue weighted by molar-refractivity contribution is 5.71. The van der Waals surface area contributed by atoms with Crippen molar-refractivity contribution >= 4 is 17.9 Å². The first-order valence-corrected chi connectivity index (χ1v) is 30.3. The number of unbranched alkanes of at least 4 members (excludes halogenated alkanes) is 34. The van der Waals surface area contributed by atoms with E-state index in [1.54, 1.807) is 0 Å². The van der Waals surface area contributed by atoms with E-state index < -0.39 is 6.10 Å². The van der Waals surface area contributed by atoms with Gasteiger partial charge < -0.3 is 14.2 Å². The Labute approximate surface area is 434 Å². The van der Waals surface area contributed by atoms with Crippen LogP contribution in [0.1, 0.15) is 310 Å². The summed E-state index contributed by atoms with van der Waals surface area (Å²) in [5, 5.41) is 0. The van der Waals surface area contributed by atoms with E-state index in [-0.39, 0.29) is 31.1 Å². The Morgan fingerprint density at radius 2 is 0.557 bits per heavy atom. The second-order valence-corrected chi connectivity index (χ2v) is 20.2. The number of carbonyl (C=O) groups is 3. The maximum Gasteiger partial charge on any atom is 0.306 e. The standard InChI is InChI=1S/C64H114O6/c1-4-7-10-13-16-19-22-25-27-29-30-31-32-33-35-36-39-42-45-48-51-54-57-63(66)69-60-61(59-68-62(65)56-53-50-47-44-41-38-24-21-18-15-12-9-6-3)70-64(67)58-55-52-49-46-43-40-37-34-28-26-23-20-17-14-11-8-5-2/h9,12,17-18,20-21,26,28,38,41,61H,4-8,10-11,13-16,19,22-25,27,29-37,39-40,42-60H2,1-3H3/b12-9-,20-17-,21-18-,28-26-,41-38-. The average molecular weight is 980 g/mol. The molecule has 0 aromatic rings. The zero-order valence-electron chi connectivity index (χ0n) is 46.5. The first-order valence-electron chi connectivity index (χ1n) is 30.3. The minimum Gasteiger partial charge on any atom is -0.462 e. The van der Waals surface area contributed by atoms with Gasteiger partial charge in [-0.1, -0.05) is 268 Å². The van der Waals surface area contributed by atoms with Gasteiger partial charge in [0.15, 0.2) is 6.10 Å². The lowest BCUT2D eigenvalue weighted by molar-refractivity contribution is -0.167. The number of carbonyl (C=O) groups excluding carboxylic acids is 3. The van der Waals surface area contributed by atoms with Crippen molar-refractivity contribution in [2.75, 3.05) is 13.2 Å². The number of esters is 3. The molecule has 0 aromatic carbocycles. The van der Waals surface area contributed by atoms with Crippen LogP contribution in [0.5, 0.6) is 0 Å². The van der Waals surface area contributed by atoms with Crippen molar-refractivity contribution in [3.8, 4) is 0 Å². The number of allylic oxidation sites excluding steroid dienone is 10. The van der Waals surface area contributed by atoms with E-state index in [2.05, 4.69) is 81.5 Å². The SMILES string of the molecule is CC/C=C\C/C=C\C/C=C\CCCCCC(=O)OCC(COC(=O)CCCCCCCCCCCCCCCCCCCCCCCC)OC(=O)CCCCCCCCC/C=C\C/C=C\CCCCC. The Morgan fingerprint density at radius 3 is 0.914 bits per heavy atom. The predicted molar refractivity (Wildman–Crippen MR) is 302 cm³/mol. The third-order valence-electron chi connectivity index (χ3n) is 13.3. The summed E-state index contributed by atoms with van der Waals surface area (Å²) in [7, 11) is 0. The summed E-state index contributed by atoms with van der Waals surface area (Å²) in [6.45, 7) is 6.51. The Bertz CT molecular complexity index is 1260. The minimum absolute atomic E-state index is 0.0843. The second kappa shape index (κ2) is 58.7. The van der Waals surface area contributed by atoms with Gasteiger partial charge in [-0.25, -0.2) is 0 Å². The van der Waals surface area contributed by atoms with Gasteiger partial charge in [-0.3, -0.25) is 14.4 Å². The quantitative estimate of drug-likeness (QED) is 0.0261. The molecule has 0 aliphatic rings. The van der Waals surface area contributed by atoms with Gasteiger partial charge >= 0.3 is 17.9 Å². The van der Waals surface area contributed by atoms with Crippen LogP contribution >= 0.6 is 0 Å². The van der Waals surface area contributed by atoms with Crippen LogP contribution in [0.2, 0.25) is 0 Å². The van der Waals surface area contributed by atoms with Gasteiger partial charge in [-0.2, -0.15) is 0 Å². The summed E-state index contributed by atoms with van der Waals surface area (Å²) < 4.78 is 16.9. The fourth-order valence-corrected chi connectivity index (χ4v) is 8.72. The first kappa shape index (κ1) is 67.1. The lowest BCUT2D eigenvalue weighted by Crippen LogP contribution is -2.30. The van der Waals surface area contributed by atoms with Crippen LogP contribution in [0.3, 0.4) is 0 Å². The molecular weight excluding hydrogens is 865 g/mol. The topological polar surface area (TPSA) is 78.9 Å². The molecule has 0 fully saturated rings. The van der Waals surface area contributed by atoms with Crippen LogP contribution in [0.25, 0.3) is 0 Å². The van der Waals surface area contributed by atoms with Crippen LogP contribution < -0.4 is 0 Å². The molecule has 0 heterocycles. The summed E-state index contributed by atoms with van der Waals surface area (Å²) in [6, 6.07) is 0. The molecule has 1 atom stereocenters. The van der Waals surface area contributed by atoms with E-state index in [1.807, 2.05) is 0 Å². The van der Waals surface area contributed by atoms with E-state index in [9.17, 15) is 14.4 Å². The molecular formula is C64H114O6. The Hall–Kier alpha value is -2.89. The van der Waals surface area contributed by atoms with Crippen LogP contribution in [-0.2, 0) is 28.6 Å². The molecule has 0 amide bonds. The maximum absolute atomic E-state index is 12.9. The monoisotopic (exact) mass is 979 g/mol. The molecule has 0 bridgehead atoms. The molecule has 0 saturated heterocycles. The Kier molecular flexibility index (Phi) is 56.3. The highest BCUT2D eigenvalue weighted by Gasteiger charge is 2.19. The zero-order chi connectivity index (χ0) is 50.7. The molecule has 406 valence electrons. The average Bonchev–Trinajstić information content (AvgIpc) is 3.36. The molecule has 0 aliphatic heterocycles. The maximum atomic E-state index is 12.9. The molecule has 70 heavy (non-hydrogen) atoms. The van der Waals surface area contributed by atoms with E-state index >= 15 is 0 Å². The largest absolute Gasteiger partial charge is 0.462 e. The van der Waals surface area contributed by atoms with Gasteiger partial charge in [-0.15, -0.1) is 0 Å². The van der Waals surface area contributed by atoms with Crippen LogP contribution in [-0.4, -0.2) is 37.2 Å². The van der Waals surface area contributed by atoms with Crippen LogP contribution in [0.15, 0.2) is 60.8 Å². The van der Waals surface area contributed by atoms with E-state index in [0.717, 1.165) is 96.3 Å². The molecule has 0 N–H and O–H groups in total. The third-order valence-corrected chi connectivity index (χ3v) is 13.3. The van der Waals surface area contributed by atoms with Crippen molar-refractivity contribution in [2.24, 2.45) is 0 Å². The smallest absolute Gasteiger partial charge is 0.306 e. The van der Waals surface area contributed by atoms with Gasteiger partial charge in [-0.05, 0) is 83.5 Å². The molecule has 6 nitrogen and oxygen atoms in total. The third kappa shape index (κ3) is 56.0. The fraction of sp³-hybridized carbons (Fsp3) is 0.797. The molecule has 0 spiro atoms. The summed E-state index contributed by atoms with van der Waals surface area (Å²) >= 11 is 0. The van der Waals surface area contributed by atoms with E-state index in [4.69, 9.17) is 14.2 Å². The second-order valence-electron chi connectivity index (χ2n) is 20.2. The van der Waals surface area contributed by atoms with Gasteiger partial charge in [0.25, 0.3) is 0 Å². The molecule has 0 saturated carbocycles. The molecule has 0 radical (unpaired) electrons.